The van der Waals surface area contributed by atoms with Gasteiger partial charge in [-0.2, -0.15) is 0 Å². The number of benzene rings is 20. The molecule has 20 aromatic carbocycles. The van der Waals surface area contributed by atoms with Crippen molar-refractivity contribution in [2.45, 2.75) is 0 Å². The van der Waals surface area contributed by atoms with Crippen LogP contribution in [0.25, 0.3) is 277 Å². The molecular weight excluding hydrogens is 1620 g/mol. The second kappa shape index (κ2) is 29.8. The molecule has 28 aromatic rings. The van der Waals surface area contributed by atoms with Gasteiger partial charge in [-0.1, -0.05) is 322 Å². The molecule has 132 heavy (non-hydrogen) atoms. The van der Waals surface area contributed by atoms with Crippen LogP contribution in [-0.4, -0.2) is 39.0 Å². The Morgan fingerprint density at radius 3 is 0.864 bits per heavy atom. The average molecular weight is 1690 g/mol. The summed E-state index contributed by atoms with van der Waals surface area (Å²) in [5.41, 5.74) is 25.4. The van der Waals surface area contributed by atoms with Crippen molar-refractivity contribution in [1.82, 2.24) is 39.0 Å². The number of nitrogens with zero attached hydrogens (tertiary/aromatic N) is 8. The molecule has 0 saturated carbocycles. The molecule has 12 nitrogen and oxygen atoms in total. The smallest absolute Gasteiger partial charge is 0.178 e. The predicted octanol–water partition coefficient (Wildman–Crippen LogP) is 32.0. The molecule has 0 atom stereocenters. The molecule has 0 spiro atoms. The molecule has 0 aliphatic heterocycles. The molecule has 0 fully saturated rings. The van der Waals surface area contributed by atoms with E-state index in [-0.39, 0.29) is 0 Å². The van der Waals surface area contributed by atoms with E-state index in [9.17, 15) is 0 Å². The average Bonchev–Trinajstić information content (AvgIpc) is 0.815. The van der Waals surface area contributed by atoms with Crippen molar-refractivity contribution in [2.24, 2.45) is 0 Å². The van der Waals surface area contributed by atoms with Gasteiger partial charge >= 0.3 is 0 Å². The Bertz CT molecular complexity index is 9480. The monoisotopic (exact) mass is 1690 g/mol. The van der Waals surface area contributed by atoms with Crippen LogP contribution in [0.2, 0.25) is 0 Å². The van der Waals surface area contributed by atoms with Crippen LogP contribution in [0.15, 0.2) is 442 Å². The van der Waals surface area contributed by atoms with Crippen LogP contribution in [0.1, 0.15) is 0 Å². The fraction of sp³-hybridized carbons (Fsp3) is 0. The Morgan fingerprint density at radius 1 is 0.144 bits per heavy atom. The zero-order valence-corrected chi connectivity index (χ0v) is 70.6. The van der Waals surface area contributed by atoms with Crippen molar-refractivity contribution >= 4 is 164 Å². The van der Waals surface area contributed by atoms with Gasteiger partial charge in [-0.15, -0.1) is 0 Å². The zero-order valence-electron chi connectivity index (χ0n) is 70.6. The standard InChI is InChI=1S/C63H36N4O2.C57H34N4O2/c1-3-14-37(15-4-1)61-64-62(38-16-5-2-6-17-38)66-63(65-61)40-26-29-45-43-18-7-8-19-44(43)46-30-28-41(36-53(46)52(45)35-40)67-55-24-11-9-20-47(55)54-34-39(27-33-56(54)67)42-22-13-23-49-51-32-31-50-48-21-10-12-25-57(48)68-59(50)60(51)69-58(42)49;1-3-12-37(13-4-1)55-58-56(38-14-5-2-6-15-38)60-57(59-55)39-24-22-35(23-25-39)36-26-29-41(30-27-36)61-49-20-9-7-16-43(49)48-34-40(28-33-50(48)61)42-18-11-19-45-47-32-31-46-44-17-8-10-21-51(44)62-53(46)54(47)63-52(42)45/h1-36H;1-34H. The normalized spacial score (nSPS) is 11.9. The fourth-order valence-corrected chi connectivity index (χ4v) is 20.1. The van der Waals surface area contributed by atoms with Gasteiger partial charge in [0.25, 0.3) is 0 Å². The molecule has 0 saturated heterocycles. The largest absolute Gasteiger partial charge is 0.452 e. The maximum Gasteiger partial charge on any atom is 0.178 e. The molecule has 28 rings (SSSR count). The van der Waals surface area contributed by atoms with Gasteiger partial charge in [-0.25, -0.2) is 29.9 Å². The Hall–Kier alpha value is -18.0. The Morgan fingerprint density at radius 2 is 0.417 bits per heavy atom. The van der Waals surface area contributed by atoms with Crippen molar-refractivity contribution in [1.29, 1.82) is 0 Å². The number of hydrogen-bond donors (Lipinski definition) is 0. The van der Waals surface area contributed by atoms with Crippen molar-refractivity contribution in [2.75, 3.05) is 0 Å². The third-order valence-electron chi connectivity index (χ3n) is 26.3. The second-order valence-electron chi connectivity index (χ2n) is 33.8. The van der Waals surface area contributed by atoms with Gasteiger partial charge in [-0.05, 0) is 158 Å². The lowest BCUT2D eigenvalue weighted by molar-refractivity contribution is 0.634. The molecular formula is C120H70N8O4. The van der Waals surface area contributed by atoms with E-state index in [0.717, 1.165) is 199 Å². The first kappa shape index (κ1) is 74.3. The highest BCUT2D eigenvalue weighted by Crippen LogP contribution is 2.48. The molecule has 8 heterocycles. The molecule has 0 aliphatic carbocycles. The van der Waals surface area contributed by atoms with E-state index in [2.05, 4.69) is 276 Å². The van der Waals surface area contributed by atoms with Gasteiger partial charge in [0, 0.05) is 121 Å². The lowest BCUT2D eigenvalue weighted by Crippen LogP contribution is -2.00. The summed E-state index contributed by atoms with van der Waals surface area (Å²) in [6, 6.07) is 149. The predicted molar refractivity (Wildman–Crippen MR) is 539 cm³/mol. The molecule has 614 valence electrons. The summed E-state index contributed by atoms with van der Waals surface area (Å²) in [5.74, 6) is 3.83. The lowest BCUT2D eigenvalue weighted by Gasteiger charge is -2.15. The van der Waals surface area contributed by atoms with Crippen molar-refractivity contribution in [3.63, 3.8) is 0 Å². The number of para-hydroxylation sites is 6. The van der Waals surface area contributed by atoms with Crippen LogP contribution in [0.3, 0.4) is 0 Å². The van der Waals surface area contributed by atoms with Crippen LogP contribution < -0.4 is 0 Å². The van der Waals surface area contributed by atoms with Gasteiger partial charge in [-0.3, -0.25) is 0 Å². The molecule has 8 aromatic heterocycles. The first-order valence-electron chi connectivity index (χ1n) is 44.3. The van der Waals surface area contributed by atoms with Gasteiger partial charge in [0.2, 0.25) is 0 Å². The lowest BCUT2D eigenvalue weighted by atomic mass is 9.93. The molecule has 0 aliphatic rings. The Kier molecular flexibility index (Phi) is 16.8. The third kappa shape index (κ3) is 12.0. The first-order chi connectivity index (χ1) is 65.4. The van der Waals surface area contributed by atoms with Crippen LogP contribution >= 0.6 is 0 Å². The quantitative estimate of drug-likeness (QED) is 0.115. The summed E-state index contributed by atoms with van der Waals surface area (Å²) in [5, 5.41) is 20.3. The number of hydrogen-bond acceptors (Lipinski definition) is 10. The number of rotatable bonds is 11. The summed E-state index contributed by atoms with van der Waals surface area (Å²) in [7, 11) is 0. The second-order valence-corrected chi connectivity index (χ2v) is 33.8. The van der Waals surface area contributed by atoms with Crippen LogP contribution in [0.4, 0.5) is 0 Å². The molecule has 0 amide bonds. The van der Waals surface area contributed by atoms with Crippen LogP contribution in [0, 0.1) is 0 Å². The SMILES string of the molecule is c1ccc(-c2nc(-c3ccccc3)nc(-c3ccc(-c4ccc(-n5c6ccccc6c6cc(-c7cccc8c7oc7c8ccc8c9ccccc9oc87)ccc65)cc4)cc3)n2)cc1.c1ccc(-c2nc(-c3ccccc3)nc(-c3ccc4c5ccccc5c5ccc(-n6c7ccccc7c7cc(-c8cccc9c8oc8c9ccc9c%10ccccc%10oc98)ccc76)cc5c4c3)n2)cc1. The van der Waals surface area contributed by atoms with E-state index in [1.165, 1.54) is 43.1 Å². The maximum atomic E-state index is 6.84. The molecule has 12 heteroatoms. The van der Waals surface area contributed by atoms with E-state index in [1.54, 1.807) is 0 Å². The summed E-state index contributed by atoms with van der Waals surface area (Å²) in [6.07, 6.45) is 0. The van der Waals surface area contributed by atoms with Crippen molar-refractivity contribution < 1.29 is 17.7 Å². The molecule has 0 N–H and O–H groups in total. The highest BCUT2D eigenvalue weighted by molar-refractivity contribution is 6.27. The minimum Gasteiger partial charge on any atom is -0.452 e. The van der Waals surface area contributed by atoms with Gasteiger partial charge in [0.1, 0.15) is 22.3 Å². The van der Waals surface area contributed by atoms with E-state index >= 15 is 0 Å². The van der Waals surface area contributed by atoms with Gasteiger partial charge < -0.3 is 26.8 Å². The summed E-state index contributed by atoms with van der Waals surface area (Å²) in [6.45, 7) is 0. The third-order valence-corrected chi connectivity index (χ3v) is 26.3. The van der Waals surface area contributed by atoms with E-state index < -0.39 is 0 Å². The van der Waals surface area contributed by atoms with Gasteiger partial charge in [0.15, 0.2) is 57.3 Å². The van der Waals surface area contributed by atoms with E-state index in [0.29, 0.717) is 34.9 Å². The number of aromatic nitrogens is 8. The molecule has 0 unspecified atom stereocenters. The minimum atomic E-state index is 0.626. The highest BCUT2D eigenvalue weighted by atomic mass is 16.4. The van der Waals surface area contributed by atoms with Crippen LogP contribution in [-0.2, 0) is 0 Å². The summed E-state index contributed by atoms with van der Waals surface area (Å²) in [4.78, 5) is 29.9. The topological polar surface area (TPSA) is 140 Å². The number of fused-ring (bicyclic) bond motifs is 26. The summed E-state index contributed by atoms with van der Waals surface area (Å²) < 4.78 is 31.2. The highest BCUT2D eigenvalue weighted by Gasteiger charge is 2.26. The van der Waals surface area contributed by atoms with E-state index in [4.69, 9.17) is 47.6 Å². The van der Waals surface area contributed by atoms with Crippen LogP contribution in [0.5, 0.6) is 0 Å². The Balaban J connectivity index is 0.000000136. The zero-order chi connectivity index (χ0) is 86.6. The minimum absolute atomic E-state index is 0.626. The summed E-state index contributed by atoms with van der Waals surface area (Å²) >= 11 is 0. The van der Waals surface area contributed by atoms with Gasteiger partial charge in [0.05, 0.1) is 22.1 Å². The molecule has 0 bridgehead atoms. The fourth-order valence-electron chi connectivity index (χ4n) is 20.1. The first-order valence-corrected chi connectivity index (χ1v) is 44.3. The number of furan rings is 4. The van der Waals surface area contributed by atoms with E-state index in [1.807, 2.05) is 158 Å². The van der Waals surface area contributed by atoms with Crippen molar-refractivity contribution in [3.8, 4) is 113 Å². The van der Waals surface area contributed by atoms with Crippen molar-refractivity contribution in [3.05, 3.63) is 425 Å². The Labute approximate surface area is 753 Å². The molecule has 0 radical (unpaired) electrons. The maximum absolute atomic E-state index is 6.84.